The lowest BCUT2D eigenvalue weighted by Gasteiger charge is -2.24. The first kappa shape index (κ1) is 12.7. The van der Waals surface area contributed by atoms with Gasteiger partial charge in [-0.1, -0.05) is 36.4 Å². The Labute approximate surface area is 112 Å². The molecule has 0 saturated heterocycles. The third kappa shape index (κ3) is 2.71. The van der Waals surface area contributed by atoms with Gasteiger partial charge in [-0.25, -0.2) is 0 Å². The van der Waals surface area contributed by atoms with Gasteiger partial charge in [0.05, 0.1) is 0 Å². The van der Waals surface area contributed by atoms with Crippen LogP contribution in [0.1, 0.15) is 6.92 Å². The average Bonchev–Trinajstić information content (AvgIpc) is 2.41. The molecule has 2 aromatic rings. The number of benzene rings is 2. The van der Waals surface area contributed by atoms with Crippen LogP contribution in [0.3, 0.4) is 0 Å². The summed E-state index contributed by atoms with van der Waals surface area (Å²) in [6, 6.07) is 19.0. The zero-order chi connectivity index (χ0) is 13.0. The smallest absolute Gasteiger partial charge is 0.249 e. The van der Waals surface area contributed by atoms with E-state index in [1.54, 1.807) is 11.8 Å². The van der Waals surface area contributed by atoms with Gasteiger partial charge >= 0.3 is 0 Å². The van der Waals surface area contributed by atoms with E-state index >= 15 is 0 Å². The topological polar surface area (TPSA) is 20.3 Å². The summed E-state index contributed by atoms with van der Waals surface area (Å²) in [4.78, 5) is 13.9. The van der Waals surface area contributed by atoms with Crippen molar-refractivity contribution < 1.29 is 4.79 Å². The van der Waals surface area contributed by atoms with Crippen molar-refractivity contribution in [3.05, 3.63) is 60.7 Å². The number of para-hydroxylation sites is 2. The van der Waals surface area contributed by atoms with E-state index in [0.717, 1.165) is 11.4 Å². The lowest BCUT2D eigenvalue weighted by atomic mass is 10.2. The van der Waals surface area contributed by atoms with Crippen molar-refractivity contribution in [1.82, 2.24) is 0 Å². The van der Waals surface area contributed by atoms with Crippen molar-refractivity contribution in [3.8, 4) is 0 Å². The van der Waals surface area contributed by atoms with Gasteiger partial charge < -0.3 is 0 Å². The normalized spacial score (nSPS) is 11.9. The molecule has 2 rings (SSSR count). The first-order chi connectivity index (χ1) is 8.70. The van der Waals surface area contributed by atoms with Crippen molar-refractivity contribution in [2.45, 2.75) is 12.3 Å². The number of anilines is 2. The highest BCUT2D eigenvalue weighted by Crippen LogP contribution is 2.26. The second-order valence-corrected chi connectivity index (χ2v) is 4.62. The van der Waals surface area contributed by atoms with E-state index in [0.29, 0.717) is 0 Å². The molecule has 2 aromatic carbocycles. The van der Waals surface area contributed by atoms with E-state index in [2.05, 4.69) is 0 Å². The van der Waals surface area contributed by atoms with E-state index in [1.807, 2.05) is 60.7 Å². The second-order valence-electron chi connectivity index (χ2n) is 3.96. The number of hydrogen-bond acceptors (Lipinski definition) is 1. The maximum Gasteiger partial charge on any atom is 0.249 e. The molecule has 0 aliphatic rings. The summed E-state index contributed by atoms with van der Waals surface area (Å²) in [6.45, 7) is 1.68. The van der Waals surface area contributed by atoms with Crippen LogP contribution in [0.4, 0.5) is 11.4 Å². The number of nitrogens with zero attached hydrogens (tertiary/aromatic N) is 1. The van der Waals surface area contributed by atoms with E-state index < -0.39 is 5.38 Å². The molecule has 3 heteroatoms. The summed E-state index contributed by atoms with van der Waals surface area (Å²) in [7, 11) is 0. The van der Waals surface area contributed by atoms with Gasteiger partial charge in [-0.3, -0.25) is 9.69 Å². The highest BCUT2D eigenvalue weighted by atomic mass is 35.5. The van der Waals surface area contributed by atoms with Gasteiger partial charge in [0, 0.05) is 11.4 Å². The molecule has 0 saturated carbocycles. The number of hydrogen-bond donors (Lipinski definition) is 0. The molecule has 0 aromatic heterocycles. The Hall–Kier alpha value is -1.80. The summed E-state index contributed by atoms with van der Waals surface area (Å²) >= 11 is 5.93. The van der Waals surface area contributed by atoms with Crippen LogP contribution in [-0.4, -0.2) is 11.3 Å². The Balaban J connectivity index is 2.45. The van der Waals surface area contributed by atoms with Gasteiger partial charge in [-0.2, -0.15) is 0 Å². The minimum atomic E-state index is -0.564. The van der Waals surface area contributed by atoms with Crippen molar-refractivity contribution in [2.75, 3.05) is 4.90 Å². The molecule has 18 heavy (non-hydrogen) atoms. The zero-order valence-electron chi connectivity index (χ0n) is 10.1. The van der Waals surface area contributed by atoms with Crippen LogP contribution in [0.2, 0.25) is 0 Å². The Morgan fingerprint density at radius 1 is 0.944 bits per heavy atom. The van der Waals surface area contributed by atoms with Gasteiger partial charge in [0.1, 0.15) is 5.38 Å². The molecule has 1 atom stereocenters. The number of rotatable bonds is 3. The fourth-order valence-corrected chi connectivity index (χ4v) is 1.83. The second kappa shape index (κ2) is 5.69. The molecule has 0 aliphatic heterocycles. The summed E-state index contributed by atoms with van der Waals surface area (Å²) in [5.74, 6) is -0.130. The summed E-state index contributed by atoms with van der Waals surface area (Å²) < 4.78 is 0. The van der Waals surface area contributed by atoms with E-state index in [-0.39, 0.29) is 5.91 Å². The van der Waals surface area contributed by atoms with Crippen molar-refractivity contribution in [1.29, 1.82) is 0 Å². The minimum Gasteiger partial charge on any atom is -0.280 e. The van der Waals surface area contributed by atoms with Crippen LogP contribution in [0, 0.1) is 0 Å². The average molecular weight is 260 g/mol. The summed E-state index contributed by atoms with van der Waals surface area (Å²) in [5.41, 5.74) is 1.64. The maximum absolute atomic E-state index is 12.2. The van der Waals surface area contributed by atoms with E-state index in [9.17, 15) is 4.79 Å². The molecule has 1 amide bonds. The Morgan fingerprint density at radius 2 is 1.33 bits per heavy atom. The van der Waals surface area contributed by atoms with Gasteiger partial charge in [-0.15, -0.1) is 11.6 Å². The van der Waals surface area contributed by atoms with Crippen LogP contribution in [0.5, 0.6) is 0 Å². The highest BCUT2D eigenvalue weighted by molar-refractivity contribution is 6.33. The predicted octanol–water partition coefficient (Wildman–Crippen LogP) is 3.98. The van der Waals surface area contributed by atoms with E-state index in [1.165, 1.54) is 0 Å². The molecule has 0 aliphatic carbocycles. The van der Waals surface area contributed by atoms with Crippen molar-refractivity contribution >= 4 is 28.9 Å². The van der Waals surface area contributed by atoms with Gasteiger partial charge in [-0.05, 0) is 31.2 Å². The third-order valence-corrected chi connectivity index (χ3v) is 2.78. The Bertz CT molecular complexity index is 471. The fraction of sp³-hybridized carbons (Fsp3) is 0.133. The van der Waals surface area contributed by atoms with Crippen LogP contribution >= 0.6 is 11.6 Å². The fourth-order valence-electron chi connectivity index (χ4n) is 1.74. The van der Waals surface area contributed by atoms with Crippen LogP contribution in [0.25, 0.3) is 0 Å². The molecule has 0 spiro atoms. The SMILES string of the molecule is C[C@@H](Cl)C(=O)N(c1ccccc1)c1ccccc1. The molecular formula is C15H14ClNO. The van der Waals surface area contributed by atoms with Crippen molar-refractivity contribution in [3.63, 3.8) is 0 Å². The van der Waals surface area contributed by atoms with Gasteiger partial charge in [0.2, 0.25) is 5.91 Å². The Kier molecular flexibility index (Phi) is 4.00. The number of carbonyl (C=O) groups is 1. The molecule has 92 valence electrons. The van der Waals surface area contributed by atoms with E-state index in [4.69, 9.17) is 11.6 Å². The minimum absolute atomic E-state index is 0.130. The van der Waals surface area contributed by atoms with Crippen LogP contribution in [-0.2, 0) is 4.79 Å². The number of alkyl halides is 1. The number of amides is 1. The largest absolute Gasteiger partial charge is 0.280 e. The molecule has 0 bridgehead atoms. The maximum atomic E-state index is 12.2. The summed E-state index contributed by atoms with van der Waals surface area (Å²) in [6.07, 6.45) is 0. The quantitative estimate of drug-likeness (QED) is 0.764. The molecule has 0 unspecified atom stereocenters. The standard InChI is InChI=1S/C15H14ClNO/c1-12(16)15(18)17(13-8-4-2-5-9-13)14-10-6-3-7-11-14/h2-12H,1H3/t12-/m1/s1. The Morgan fingerprint density at radius 3 is 1.67 bits per heavy atom. The first-order valence-electron chi connectivity index (χ1n) is 5.78. The molecular weight excluding hydrogens is 246 g/mol. The molecule has 2 nitrogen and oxygen atoms in total. The van der Waals surface area contributed by atoms with Crippen LogP contribution in [0.15, 0.2) is 60.7 Å². The molecule has 0 radical (unpaired) electrons. The number of carbonyl (C=O) groups excluding carboxylic acids is 1. The van der Waals surface area contributed by atoms with Gasteiger partial charge in [0.15, 0.2) is 0 Å². The molecule has 0 heterocycles. The monoisotopic (exact) mass is 259 g/mol. The lowest BCUT2D eigenvalue weighted by Crippen LogP contribution is -2.31. The predicted molar refractivity (Wildman–Crippen MR) is 75.3 cm³/mol. The van der Waals surface area contributed by atoms with Crippen molar-refractivity contribution in [2.24, 2.45) is 0 Å². The third-order valence-electron chi connectivity index (χ3n) is 2.59. The van der Waals surface area contributed by atoms with Gasteiger partial charge in [0.25, 0.3) is 0 Å². The zero-order valence-corrected chi connectivity index (χ0v) is 10.8. The molecule has 0 N–H and O–H groups in total. The lowest BCUT2D eigenvalue weighted by molar-refractivity contribution is -0.117. The number of halogens is 1. The van der Waals surface area contributed by atoms with Crippen LogP contribution < -0.4 is 4.90 Å². The first-order valence-corrected chi connectivity index (χ1v) is 6.22. The molecule has 0 fully saturated rings. The highest BCUT2D eigenvalue weighted by Gasteiger charge is 2.21. The summed E-state index contributed by atoms with van der Waals surface area (Å²) in [5, 5.41) is -0.564.